The molecule has 6 nitrogen and oxygen atoms in total. The number of ether oxygens (including phenoxy) is 1. The maximum absolute atomic E-state index is 12.8. The fourth-order valence-electron chi connectivity index (χ4n) is 3.34. The van der Waals surface area contributed by atoms with Crippen molar-refractivity contribution in [2.24, 2.45) is 0 Å². The molecule has 0 aromatic heterocycles. The van der Waals surface area contributed by atoms with Crippen LogP contribution in [0.4, 0.5) is 11.4 Å². The highest BCUT2D eigenvalue weighted by molar-refractivity contribution is 7.92. The van der Waals surface area contributed by atoms with Crippen LogP contribution in [0.25, 0.3) is 10.8 Å². The number of nitrogens with one attached hydrogen (secondary N) is 1. The minimum atomic E-state index is -3.76. The number of carbonyl (C=O) groups excluding carboxylic acids is 1. The largest absolute Gasteiger partial charge is 0.455 e. The van der Waals surface area contributed by atoms with Gasteiger partial charge in [-0.15, -0.1) is 0 Å². The van der Waals surface area contributed by atoms with Gasteiger partial charge in [-0.25, -0.2) is 8.42 Å². The average Bonchev–Trinajstić information content (AvgIpc) is 2.78. The van der Waals surface area contributed by atoms with Crippen LogP contribution in [0.5, 0.6) is 11.5 Å². The Labute approximate surface area is 187 Å². The summed E-state index contributed by atoms with van der Waals surface area (Å²) in [5.41, 5.74) is 0.878. The number of benzene rings is 4. The van der Waals surface area contributed by atoms with Crippen LogP contribution in [0.3, 0.4) is 0 Å². The van der Waals surface area contributed by atoms with E-state index in [1.165, 1.54) is 0 Å². The Bertz CT molecular complexity index is 1350. The normalized spacial score (nSPS) is 11.2. The zero-order valence-corrected chi connectivity index (χ0v) is 18.2. The van der Waals surface area contributed by atoms with Crippen molar-refractivity contribution in [3.8, 4) is 11.5 Å². The van der Waals surface area contributed by atoms with Gasteiger partial charge in [0, 0.05) is 5.69 Å². The smallest absolute Gasteiger partial charge is 0.245 e. The molecule has 0 atom stereocenters. The number of carbonyl (C=O) groups is 1. The second-order valence-corrected chi connectivity index (χ2v) is 9.17. The Hall–Kier alpha value is -3.84. The quantitative estimate of drug-likeness (QED) is 0.432. The lowest BCUT2D eigenvalue weighted by Crippen LogP contribution is -2.37. The van der Waals surface area contributed by atoms with Gasteiger partial charge in [0.1, 0.15) is 12.3 Å². The molecule has 0 aliphatic carbocycles. The van der Waals surface area contributed by atoms with Crippen molar-refractivity contribution in [2.75, 3.05) is 22.4 Å². The molecular formula is C25H22N2O4S. The van der Waals surface area contributed by atoms with Gasteiger partial charge in [0.05, 0.1) is 11.9 Å². The molecule has 0 unspecified atom stereocenters. The number of amides is 1. The fraction of sp³-hybridized carbons (Fsp3) is 0.0800. The Morgan fingerprint density at radius 2 is 1.50 bits per heavy atom. The highest BCUT2D eigenvalue weighted by Gasteiger charge is 2.24. The third kappa shape index (κ3) is 5.07. The van der Waals surface area contributed by atoms with Crippen LogP contribution in [0.15, 0.2) is 97.1 Å². The zero-order valence-electron chi connectivity index (χ0n) is 17.4. The summed E-state index contributed by atoms with van der Waals surface area (Å²) in [5.74, 6) is 0.442. The van der Waals surface area contributed by atoms with E-state index in [1.807, 2.05) is 54.6 Å². The van der Waals surface area contributed by atoms with E-state index in [9.17, 15) is 13.2 Å². The van der Waals surface area contributed by atoms with E-state index in [-0.39, 0.29) is 12.2 Å². The van der Waals surface area contributed by atoms with Gasteiger partial charge >= 0.3 is 0 Å². The second kappa shape index (κ2) is 9.11. The molecule has 0 saturated carbocycles. The third-order valence-electron chi connectivity index (χ3n) is 4.83. The van der Waals surface area contributed by atoms with Gasteiger partial charge in [0.2, 0.25) is 15.9 Å². The van der Waals surface area contributed by atoms with Crippen LogP contribution in [0.1, 0.15) is 0 Å². The highest BCUT2D eigenvalue weighted by atomic mass is 32.2. The first-order valence-corrected chi connectivity index (χ1v) is 11.8. The van der Waals surface area contributed by atoms with E-state index in [0.717, 1.165) is 21.3 Å². The Morgan fingerprint density at radius 1 is 0.844 bits per heavy atom. The van der Waals surface area contributed by atoms with Crippen molar-refractivity contribution in [3.05, 3.63) is 97.1 Å². The van der Waals surface area contributed by atoms with Crippen molar-refractivity contribution in [1.29, 1.82) is 0 Å². The van der Waals surface area contributed by atoms with Crippen LogP contribution in [0, 0.1) is 0 Å². The summed E-state index contributed by atoms with van der Waals surface area (Å²) in [5, 5.41) is 4.82. The van der Waals surface area contributed by atoms with Crippen molar-refractivity contribution >= 4 is 38.1 Å². The molecule has 0 saturated heterocycles. The van der Waals surface area contributed by atoms with E-state index in [2.05, 4.69) is 5.32 Å². The van der Waals surface area contributed by atoms with Crippen molar-refractivity contribution in [1.82, 2.24) is 0 Å². The Kier molecular flexibility index (Phi) is 6.09. The SMILES string of the molecule is CS(=O)(=O)N(CC(=O)Nc1ccc2ccccc2c1)c1ccccc1Oc1ccccc1. The number of rotatable bonds is 7. The standard InChI is InChI=1S/C25H22N2O4S/c1-32(29,30)27(23-13-7-8-14-24(23)31-22-11-3-2-4-12-22)18-25(28)26-21-16-15-19-9-5-6-10-20(19)17-21/h2-17H,18H2,1H3,(H,26,28). The molecule has 1 N–H and O–H groups in total. The number of sulfonamides is 1. The van der Waals surface area contributed by atoms with E-state index in [0.29, 0.717) is 17.2 Å². The summed E-state index contributed by atoms with van der Waals surface area (Å²) in [4.78, 5) is 12.8. The molecule has 162 valence electrons. The first-order valence-electron chi connectivity index (χ1n) is 9.98. The summed E-state index contributed by atoms with van der Waals surface area (Å²) >= 11 is 0. The topological polar surface area (TPSA) is 75.7 Å². The number of fused-ring (bicyclic) bond motifs is 1. The number of para-hydroxylation sites is 3. The van der Waals surface area contributed by atoms with Crippen LogP contribution >= 0.6 is 0 Å². The lowest BCUT2D eigenvalue weighted by Gasteiger charge is -2.24. The van der Waals surface area contributed by atoms with E-state index >= 15 is 0 Å². The van der Waals surface area contributed by atoms with Crippen LogP contribution in [-0.4, -0.2) is 27.1 Å². The van der Waals surface area contributed by atoms with E-state index < -0.39 is 15.9 Å². The van der Waals surface area contributed by atoms with Gasteiger partial charge in [-0.1, -0.05) is 60.7 Å². The second-order valence-electron chi connectivity index (χ2n) is 7.26. The molecule has 0 aliphatic heterocycles. The molecule has 0 bridgehead atoms. The van der Waals surface area contributed by atoms with Crippen molar-refractivity contribution in [3.63, 3.8) is 0 Å². The monoisotopic (exact) mass is 446 g/mol. The third-order valence-corrected chi connectivity index (χ3v) is 5.95. The van der Waals surface area contributed by atoms with Gasteiger partial charge in [-0.05, 0) is 47.2 Å². The maximum atomic E-state index is 12.8. The number of nitrogens with zero attached hydrogens (tertiary/aromatic N) is 1. The molecule has 0 fully saturated rings. The molecule has 4 aromatic rings. The number of hydrogen-bond donors (Lipinski definition) is 1. The molecule has 7 heteroatoms. The summed E-state index contributed by atoms with van der Waals surface area (Å²) in [6.07, 6.45) is 1.07. The molecule has 0 spiro atoms. The summed E-state index contributed by atoms with van der Waals surface area (Å²) in [7, 11) is -3.76. The van der Waals surface area contributed by atoms with Crippen molar-refractivity contribution in [2.45, 2.75) is 0 Å². The Balaban J connectivity index is 1.58. The van der Waals surface area contributed by atoms with E-state index in [1.54, 1.807) is 42.5 Å². The summed E-state index contributed by atoms with van der Waals surface area (Å²) in [6.45, 7) is -0.388. The van der Waals surface area contributed by atoms with E-state index in [4.69, 9.17) is 4.74 Å². The molecule has 0 heterocycles. The van der Waals surface area contributed by atoms with Gasteiger partial charge in [0.25, 0.3) is 0 Å². The average molecular weight is 447 g/mol. The molecule has 32 heavy (non-hydrogen) atoms. The van der Waals surface area contributed by atoms with Gasteiger partial charge in [-0.3, -0.25) is 9.10 Å². The van der Waals surface area contributed by atoms with Crippen molar-refractivity contribution < 1.29 is 17.9 Å². The molecule has 1 amide bonds. The first kappa shape index (κ1) is 21.4. The fourth-order valence-corrected chi connectivity index (χ4v) is 4.20. The van der Waals surface area contributed by atoms with Crippen LogP contribution in [0.2, 0.25) is 0 Å². The predicted octanol–water partition coefficient (Wildman–Crippen LogP) is 5.04. The lowest BCUT2D eigenvalue weighted by atomic mass is 10.1. The minimum absolute atomic E-state index is 0.285. The maximum Gasteiger partial charge on any atom is 0.245 e. The predicted molar refractivity (Wildman–Crippen MR) is 128 cm³/mol. The van der Waals surface area contributed by atoms with Gasteiger partial charge in [0.15, 0.2) is 5.75 Å². The zero-order chi connectivity index (χ0) is 22.6. The van der Waals surface area contributed by atoms with Crippen LogP contribution < -0.4 is 14.4 Å². The highest BCUT2D eigenvalue weighted by Crippen LogP contribution is 2.33. The summed E-state index contributed by atoms with van der Waals surface area (Å²) in [6, 6.07) is 29.1. The first-order chi connectivity index (χ1) is 15.4. The molecule has 4 rings (SSSR count). The molecular weight excluding hydrogens is 424 g/mol. The Morgan fingerprint density at radius 3 is 2.25 bits per heavy atom. The lowest BCUT2D eigenvalue weighted by molar-refractivity contribution is -0.114. The van der Waals surface area contributed by atoms with Crippen LogP contribution in [-0.2, 0) is 14.8 Å². The molecule has 4 aromatic carbocycles. The van der Waals surface area contributed by atoms with Gasteiger partial charge < -0.3 is 10.1 Å². The molecule has 0 radical (unpaired) electrons. The summed E-state index contributed by atoms with van der Waals surface area (Å²) < 4.78 is 32.1. The van der Waals surface area contributed by atoms with Gasteiger partial charge in [-0.2, -0.15) is 0 Å². The molecule has 0 aliphatic rings. The minimum Gasteiger partial charge on any atom is -0.455 e. The number of hydrogen-bond acceptors (Lipinski definition) is 4. The number of anilines is 2.